The van der Waals surface area contributed by atoms with Gasteiger partial charge >= 0.3 is 0 Å². The van der Waals surface area contributed by atoms with Crippen molar-refractivity contribution in [1.29, 1.82) is 0 Å². The topological polar surface area (TPSA) is 79.9 Å². The fraction of sp³-hybridized carbons (Fsp3) is 0.375. The van der Waals surface area contributed by atoms with Gasteiger partial charge in [-0.05, 0) is 49.6 Å². The molecular weight excluding hydrogens is 519 g/mol. The predicted octanol–water partition coefficient (Wildman–Crippen LogP) is 4.42. The first-order valence-electron chi connectivity index (χ1n) is 10.5. The van der Waals surface area contributed by atoms with Gasteiger partial charge in [-0.3, -0.25) is 0 Å². The number of nitrogens with zero attached hydrogens (tertiary/aromatic N) is 1. The zero-order chi connectivity index (χ0) is 22.2. The van der Waals surface area contributed by atoms with Gasteiger partial charge in [0.1, 0.15) is 0 Å². The maximum Gasteiger partial charge on any atom is 0.203 e. The Balaban J connectivity index is 0.00000363. The summed E-state index contributed by atoms with van der Waals surface area (Å²) in [5.74, 6) is 2.60. The summed E-state index contributed by atoms with van der Waals surface area (Å²) in [5, 5.41) is 7.99. The Morgan fingerprint density at radius 3 is 2.44 bits per heavy atom. The van der Waals surface area contributed by atoms with E-state index in [0.29, 0.717) is 23.8 Å². The highest BCUT2D eigenvalue weighted by atomic mass is 127. The van der Waals surface area contributed by atoms with Crippen LogP contribution < -0.4 is 24.8 Å². The van der Waals surface area contributed by atoms with Crippen molar-refractivity contribution in [3.8, 4) is 17.2 Å². The number of aliphatic imine (C=N–C) groups is 1. The molecule has 1 aromatic heterocycles. The van der Waals surface area contributed by atoms with Crippen molar-refractivity contribution in [2.75, 3.05) is 34.4 Å². The monoisotopic (exact) mass is 552 g/mol. The van der Waals surface area contributed by atoms with Crippen molar-refractivity contribution < 1.29 is 14.2 Å². The van der Waals surface area contributed by atoms with Crippen LogP contribution >= 0.6 is 24.0 Å². The van der Waals surface area contributed by atoms with E-state index in [1.54, 1.807) is 21.3 Å². The van der Waals surface area contributed by atoms with Gasteiger partial charge in [0.05, 0.1) is 27.9 Å². The number of hydrogen-bond donors (Lipinski definition) is 3. The standard InChI is InChI=1S/C24H32N4O3.HI/c1-6-25-24(26-12-11-17-14-27-20-13-16(2)7-9-19(17)20)28-15-18-8-10-21(29-3)23(31-5)22(18)30-4;/h7-10,13-14,27H,6,11-12,15H2,1-5H3,(H2,25,26,28);1H. The lowest BCUT2D eigenvalue weighted by Crippen LogP contribution is -2.38. The molecular formula is C24H33IN4O3. The molecule has 8 heteroatoms. The van der Waals surface area contributed by atoms with Crippen LogP contribution in [0.15, 0.2) is 41.5 Å². The molecule has 32 heavy (non-hydrogen) atoms. The summed E-state index contributed by atoms with van der Waals surface area (Å²) in [5.41, 5.74) is 4.64. The molecule has 7 nitrogen and oxygen atoms in total. The van der Waals surface area contributed by atoms with Crippen molar-refractivity contribution in [3.05, 3.63) is 53.2 Å². The summed E-state index contributed by atoms with van der Waals surface area (Å²) in [6, 6.07) is 10.3. The van der Waals surface area contributed by atoms with Gasteiger partial charge in [-0.1, -0.05) is 12.1 Å². The quantitative estimate of drug-likeness (QED) is 0.208. The molecule has 3 N–H and O–H groups in total. The third-order valence-corrected chi connectivity index (χ3v) is 5.15. The number of aromatic amines is 1. The molecule has 0 bridgehead atoms. The van der Waals surface area contributed by atoms with Crippen LogP contribution in [0.25, 0.3) is 10.9 Å². The van der Waals surface area contributed by atoms with Crippen LogP contribution in [0.5, 0.6) is 17.2 Å². The molecule has 3 rings (SSSR count). The maximum absolute atomic E-state index is 5.56. The van der Waals surface area contributed by atoms with Crippen molar-refractivity contribution in [2.24, 2.45) is 4.99 Å². The summed E-state index contributed by atoms with van der Waals surface area (Å²) in [4.78, 5) is 8.09. The molecule has 0 aliphatic heterocycles. The Bertz CT molecular complexity index is 1050. The molecule has 0 saturated heterocycles. The molecule has 0 aliphatic carbocycles. The van der Waals surface area contributed by atoms with Gasteiger partial charge in [0.2, 0.25) is 5.75 Å². The van der Waals surface area contributed by atoms with Crippen molar-refractivity contribution in [2.45, 2.75) is 26.8 Å². The zero-order valence-corrected chi connectivity index (χ0v) is 21.7. The van der Waals surface area contributed by atoms with Crippen LogP contribution in [0.2, 0.25) is 0 Å². The molecule has 0 saturated carbocycles. The summed E-state index contributed by atoms with van der Waals surface area (Å²) >= 11 is 0. The van der Waals surface area contributed by atoms with Crippen LogP contribution in [0, 0.1) is 6.92 Å². The number of fused-ring (bicyclic) bond motifs is 1. The number of aromatic nitrogens is 1. The van der Waals surface area contributed by atoms with E-state index in [4.69, 9.17) is 19.2 Å². The van der Waals surface area contributed by atoms with E-state index in [9.17, 15) is 0 Å². The van der Waals surface area contributed by atoms with Crippen LogP contribution in [-0.4, -0.2) is 45.4 Å². The number of guanidine groups is 1. The zero-order valence-electron chi connectivity index (χ0n) is 19.4. The summed E-state index contributed by atoms with van der Waals surface area (Å²) in [6.45, 7) is 6.16. The Kier molecular flexibility index (Phi) is 9.96. The van der Waals surface area contributed by atoms with E-state index in [-0.39, 0.29) is 24.0 Å². The second-order valence-corrected chi connectivity index (χ2v) is 7.23. The van der Waals surface area contributed by atoms with Gasteiger partial charge in [-0.15, -0.1) is 24.0 Å². The molecule has 0 fully saturated rings. The molecule has 0 unspecified atom stereocenters. The highest BCUT2D eigenvalue weighted by Gasteiger charge is 2.15. The van der Waals surface area contributed by atoms with Gasteiger partial charge in [0.25, 0.3) is 0 Å². The Morgan fingerprint density at radius 1 is 0.969 bits per heavy atom. The number of halogens is 1. The van der Waals surface area contributed by atoms with Crippen molar-refractivity contribution >= 4 is 40.8 Å². The smallest absolute Gasteiger partial charge is 0.203 e. The summed E-state index contributed by atoms with van der Waals surface area (Å²) in [6.07, 6.45) is 2.98. The Hall–Kier alpha value is -2.62. The second kappa shape index (κ2) is 12.4. The highest BCUT2D eigenvalue weighted by molar-refractivity contribution is 14.0. The first kappa shape index (κ1) is 25.6. The number of benzene rings is 2. The van der Waals surface area contributed by atoms with Gasteiger partial charge in [0, 0.05) is 35.8 Å². The number of H-pyrrole nitrogens is 1. The fourth-order valence-electron chi connectivity index (χ4n) is 3.62. The molecule has 3 aromatic rings. The van der Waals surface area contributed by atoms with Crippen LogP contribution in [0.4, 0.5) is 0 Å². The number of hydrogen-bond acceptors (Lipinski definition) is 4. The molecule has 1 heterocycles. The fourth-order valence-corrected chi connectivity index (χ4v) is 3.62. The average Bonchev–Trinajstić information content (AvgIpc) is 3.18. The van der Waals surface area contributed by atoms with E-state index in [1.165, 1.54) is 22.0 Å². The average molecular weight is 552 g/mol. The van der Waals surface area contributed by atoms with E-state index in [2.05, 4.69) is 53.9 Å². The van der Waals surface area contributed by atoms with Gasteiger partial charge in [-0.2, -0.15) is 0 Å². The molecule has 0 radical (unpaired) electrons. The number of rotatable bonds is 9. The molecule has 174 valence electrons. The minimum absolute atomic E-state index is 0. The second-order valence-electron chi connectivity index (χ2n) is 7.23. The summed E-state index contributed by atoms with van der Waals surface area (Å²) in [7, 11) is 4.83. The third-order valence-electron chi connectivity index (χ3n) is 5.15. The third kappa shape index (κ3) is 5.99. The van der Waals surface area contributed by atoms with Crippen LogP contribution in [-0.2, 0) is 13.0 Å². The minimum atomic E-state index is 0. The van der Waals surface area contributed by atoms with Gasteiger partial charge in [-0.25, -0.2) is 4.99 Å². The number of nitrogens with one attached hydrogen (secondary N) is 3. The SMILES string of the molecule is CCNC(=NCc1ccc(OC)c(OC)c1OC)NCCc1c[nH]c2cc(C)ccc12.I. The lowest BCUT2D eigenvalue weighted by Gasteiger charge is -2.15. The normalized spacial score (nSPS) is 11.1. The molecule has 0 aliphatic rings. The van der Waals surface area contributed by atoms with Crippen molar-refractivity contribution in [3.63, 3.8) is 0 Å². The first-order chi connectivity index (χ1) is 15.1. The highest BCUT2D eigenvalue weighted by Crippen LogP contribution is 2.39. The largest absolute Gasteiger partial charge is 0.493 e. The Morgan fingerprint density at radius 2 is 1.75 bits per heavy atom. The summed E-state index contributed by atoms with van der Waals surface area (Å²) < 4.78 is 16.4. The van der Waals surface area contributed by atoms with E-state index in [1.807, 2.05) is 12.1 Å². The number of methoxy groups -OCH3 is 3. The lowest BCUT2D eigenvalue weighted by atomic mass is 10.1. The van der Waals surface area contributed by atoms with Crippen LogP contribution in [0.1, 0.15) is 23.6 Å². The van der Waals surface area contributed by atoms with E-state index >= 15 is 0 Å². The molecule has 0 amide bonds. The molecule has 0 atom stereocenters. The minimum Gasteiger partial charge on any atom is -0.493 e. The lowest BCUT2D eigenvalue weighted by molar-refractivity contribution is 0.322. The maximum atomic E-state index is 5.56. The molecule has 2 aromatic carbocycles. The Labute approximate surface area is 207 Å². The van der Waals surface area contributed by atoms with E-state index < -0.39 is 0 Å². The predicted molar refractivity (Wildman–Crippen MR) is 141 cm³/mol. The van der Waals surface area contributed by atoms with Crippen LogP contribution in [0.3, 0.4) is 0 Å². The van der Waals surface area contributed by atoms with Crippen molar-refractivity contribution in [1.82, 2.24) is 15.6 Å². The molecule has 0 spiro atoms. The van der Waals surface area contributed by atoms with Gasteiger partial charge in [0.15, 0.2) is 17.5 Å². The number of ether oxygens (including phenoxy) is 3. The van der Waals surface area contributed by atoms with Gasteiger partial charge < -0.3 is 29.8 Å². The number of aryl methyl sites for hydroxylation is 1. The first-order valence-corrected chi connectivity index (χ1v) is 10.5. The van der Waals surface area contributed by atoms with E-state index in [0.717, 1.165) is 31.0 Å².